The van der Waals surface area contributed by atoms with E-state index >= 15 is 0 Å². The summed E-state index contributed by atoms with van der Waals surface area (Å²) in [5.41, 5.74) is 1.88. The van der Waals surface area contributed by atoms with Crippen molar-refractivity contribution in [3.63, 3.8) is 0 Å². The van der Waals surface area contributed by atoms with Crippen molar-refractivity contribution >= 4 is 37.0 Å². The number of phosphoric acid groups is 1. The second-order valence-electron chi connectivity index (χ2n) is 5.42. The Kier molecular flexibility index (Phi) is 7.18. The molecular weight excluding hydrogens is 413 g/mol. The van der Waals surface area contributed by atoms with Gasteiger partial charge in [-0.1, -0.05) is 24.3 Å². The van der Waals surface area contributed by atoms with Crippen LogP contribution in [0.2, 0.25) is 0 Å². The number of para-hydroxylation sites is 1. The minimum absolute atomic E-state index is 0.0805. The Bertz CT molecular complexity index is 1050. The number of ether oxygens (including phenoxy) is 1. The van der Waals surface area contributed by atoms with Crippen LogP contribution < -0.4 is 4.74 Å². The summed E-state index contributed by atoms with van der Waals surface area (Å²) in [5.74, 6) is -0.471. The minimum Gasteiger partial charge on any atom is -0.478 e. The number of hydrogen-bond acceptors (Lipinski definition) is 4. The van der Waals surface area contributed by atoms with Gasteiger partial charge in [0.05, 0.1) is 11.1 Å². The molecule has 0 amide bonds. The number of alkyl halides is 2. The number of fused-ring (bicyclic) bond motifs is 1. The van der Waals surface area contributed by atoms with Crippen molar-refractivity contribution < 1.29 is 42.7 Å². The lowest BCUT2D eigenvalue weighted by Crippen LogP contribution is -2.01. The zero-order chi connectivity index (χ0) is 21.6. The third-order valence-corrected chi connectivity index (χ3v) is 3.30. The molecule has 1 heterocycles. The Hall–Kier alpha value is -3.11. The smallest absolute Gasteiger partial charge is 0.466 e. The number of nitrogens with zero attached hydrogens (tertiary/aromatic N) is 1. The van der Waals surface area contributed by atoms with Gasteiger partial charge >= 0.3 is 20.4 Å². The van der Waals surface area contributed by atoms with Crippen LogP contribution in [-0.2, 0) is 4.57 Å². The predicted molar refractivity (Wildman–Crippen MR) is 99.3 cm³/mol. The highest BCUT2D eigenvalue weighted by Gasteiger charge is 2.11. The van der Waals surface area contributed by atoms with E-state index in [1.165, 1.54) is 18.2 Å². The van der Waals surface area contributed by atoms with E-state index < -0.39 is 20.4 Å². The minimum atomic E-state index is -4.64. The number of rotatable bonds is 5. The van der Waals surface area contributed by atoms with E-state index in [1.807, 2.05) is 0 Å². The number of carboxylic acids is 1. The van der Waals surface area contributed by atoms with Gasteiger partial charge < -0.3 is 29.5 Å². The number of H-pyrrole nitrogens is 1. The van der Waals surface area contributed by atoms with Gasteiger partial charge in [-0.25, -0.2) is 14.3 Å². The van der Waals surface area contributed by atoms with Crippen LogP contribution in [0.4, 0.5) is 8.78 Å². The van der Waals surface area contributed by atoms with Crippen LogP contribution in [0.5, 0.6) is 5.75 Å². The van der Waals surface area contributed by atoms with Gasteiger partial charge in [0.2, 0.25) is 0 Å². The van der Waals surface area contributed by atoms with E-state index in [-0.39, 0.29) is 11.3 Å². The highest BCUT2D eigenvalue weighted by Crippen LogP contribution is 2.25. The van der Waals surface area contributed by atoms with E-state index in [9.17, 15) is 13.6 Å². The number of nitrogens with one attached hydrogen (secondary N) is 1. The van der Waals surface area contributed by atoms with E-state index in [0.717, 1.165) is 5.56 Å². The fourth-order valence-corrected chi connectivity index (χ4v) is 2.24. The van der Waals surface area contributed by atoms with E-state index in [4.69, 9.17) is 24.4 Å². The molecule has 0 saturated carbocycles. The van der Waals surface area contributed by atoms with Gasteiger partial charge in [-0.3, -0.25) is 0 Å². The molecule has 0 unspecified atom stereocenters. The lowest BCUT2D eigenvalue weighted by Gasteiger charge is -2.03. The number of carboxylic acid groups (broad SMARTS) is 1. The Morgan fingerprint density at radius 2 is 1.72 bits per heavy atom. The number of hydrogen-bond donors (Lipinski definition) is 5. The highest BCUT2D eigenvalue weighted by molar-refractivity contribution is 7.45. The van der Waals surface area contributed by atoms with Crippen LogP contribution in [-0.4, -0.2) is 42.3 Å². The van der Waals surface area contributed by atoms with Gasteiger partial charge in [-0.2, -0.15) is 8.78 Å². The molecule has 154 valence electrons. The van der Waals surface area contributed by atoms with Crippen molar-refractivity contribution in [2.75, 3.05) is 0 Å². The first-order chi connectivity index (χ1) is 13.5. The molecule has 9 nitrogen and oxygen atoms in total. The average Bonchev–Trinajstić information content (AvgIpc) is 3.02. The molecule has 0 spiro atoms. The monoisotopic (exact) mass is 428 g/mol. The lowest BCUT2D eigenvalue weighted by molar-refractivity contribution is -0.0498. The number of imidazole rings is 1. The summed E-state index contributed by atoms with van der Waals surface area (Å²) in [6.07, 6.45) is 3.40. The van der Waals surface area contributed by atoms with Crippen molar-refractivity contribution in [2.24, 2.45) is 0 Å². The number of aromatic nitrogens is 2. The maximum Gasteiger partial charge on any atom is 0.466 e. The summed E-state index contributed by atoms with van der Waals surface area (Å²) >= 11 is 0. The molecule has 0 fully saturated rings. The fraction of sp³-hybridized carbons (Fsp3) is 0.0588. The molecule has 1 aromatic heterocycles. The normalized spacial score (nSPS) is 11.5. The van der Waals surface area contributed by atoms with Crippen molar-refractivity contribution in [1.82, 2.24) is 9.97 Å². The Balaban J connectivity index is 0.000000537. The lowest BCUT2D eigenvalue weighted by atomic mass is 10.2. The Morgan fingerprint density at radius 3 is 2.28 bits per heavy atom. The number of benzene rings is 2. The van der Waals surface area contributed by atoms with Crippen LogP contribution in [0, 0.1) is 0 Å². The largest absolute Gasteiger partial charge is 0.478 e. The molecular formula is C17H15F2N2O7P. The van der Waals surface area contributed by atoms with E-state index in [1.54, 1.807) is 36.4 Å². The van der Waals surface area contributed by atoms with Crippen molar-refractivity contribution in [2.45, 2.75) is 6.61 Å². The third kappa shape index (κ3) is 7.43. The molecule has 29 heavy (non-hydrogen) atoms. The maximum absolute atomic E-state index is 12.1. The molecule has 0 aliphatic carbocycles. The molecule has 5 N–H and O–H groups in total. The van der Waals surface area contributed by atoms with Gasteiger partial charge in [0.25, 0.3) is 0 Å². The zero-order valence-corrected chi connectivity index (χ0v) is 15.3. The van der Waals surface area contributed by atoms with Crippen molar-refractivity contribution in [1.29, 1.82) is 0 Å². The van der Waals surface area contributed by atoms with Crippen molar-refractivity contribution in [3.8, 4) is 5.75 Å². The van der Waals surface area contributed by atoms with Gasteiger partial charge in [0.1, 0.15) is 17.1 Å². The topological polar surface area (TPSA) is 153 Å². The summed E-state index contributed by atoms with van der Waals surface area (Å²) in [7, 11) is -4.64. The number of aromatic carboxylic acids is 1. The standard InChI is InChI=1S/C17H12F2N2O3.H3O4P/c18-17(19)24-11-7-4-10(5-8-11)6-9-14-20-13-3-1-2-12(16(22)23)15(13)21-14;1-5(2,3)4/h1-9,17H,(H,20,21)(H,22,23);(H3,1,2,3,4)/b9-6+;. The van der Waals surface area contributed by atoms with Crippen molar-refractivity contribution in [3.05, 3.63) is 59.4 Å². The number of aromatic amines is 1. The molecule has 3 rings (SSSR count). The average molecular weight is 428 g/mol. The second kappa shape index (κ2) is 9.39. The second-order valence-corrected chi connectivity index (χ2v) is 6.45. The van der Waals surface area contributed by atoms with Crippen LogP contribution in [0.25, 0.3) is 23.2 Å². The van der Waals surface area contributed by atoms with Gasteiger partial charge in [-0.15, -0.1) is 0 Å². The molecule has 3 aromatic rings. The first-order valence-electron chi connectivity index (χ1n) is 7.76. The molecule has 2 aromatic carbocycles. The summed E-state index contributed by atoms with van der Waals surface area (Å²) in [4.78, 5) is 40.0. The molecule has 0 saturated heterocycles. The zero-order valence-electron chi connectivity index (χ0n) is 14.4. The van der Waals surface area contributed by atoms with Crippen LogP contribution in [0.3, 0.4) is 0 Å². The van der Waals surface area contributed by atoms with Crippen LogP contribution in [0.1, 0.15) is 21.7 Å². The summed E-state index contributed by atoms with van der Waals surface area (Å²) in [5, 5.41) is 9.15. The summed E-state index contributed by atoms with van der Waals surface area (Å²) < 4.78 is 37.3. The summed E-state index contributed by atoms with van der Waals surface area (Å²) in [6, 6.07) is 11.0. The molecule has 0 bridgehead atoms. The van der Waals surface area contributed by atoms with E-state index in [2.05, 4.69) is 14.7 Å². The maximum atomic E-state index is 12.1. The first kappa shape index (κ1) is 22.2. The fourth-order valence-electron chi connectivity index (χ4n) is 2.24. The quantitative estimate of drug-likeness (QED) is 0.389. The van der Waals surface area contributed by atoms with Gasteiger partial charge in [-0.05, 0) is 35.9 Å². The third-order valence-electron chi connectivity index (χ3n) is 3.30. The summed E-state index contributed by atoms with van der Waals surface area (Å²) in [6.45, 7) is -2.86. The molecule has 0 atom stereocenters. The number of halogens is 2. The first-order valence-corrected chi connectivity index (χ1v) is 9.32. The predicted octanol–water partition coefficient (Wildman–Crippen LogP) is 3.10. The van der Waals surface area contributed by atoms with Crippen LogP contribution >= 0.6 is 7.82 Å². The highest BCUT2D eigenvalue weighted by atomic mass is 31.2. The van der Waals surface area contributed by atoms with Crippen LogP contribution in [0.15, 0.2) is 42.5 Å². The van der Waals surface area contributed by atoms with Gasteiger partial charge in [0, 0.05) is 0 Å². The molecule has 12 heteroatoms. The SMILES string of the molecule is O=C(O)c1cccc2[nH]c(/C=C/c3ccc(OC(F)F)cc3)nc12.O=P(O)(O)O. The van der Waals surface area contributed by atoms with Gasteiger partial charge in [0.15, 0.2) is 0 Å². The van der Waals surface area contributed by atoms with E-state index in [0.29, 0.717) is 16.9 Å². The Morgan fingerprint density at radius 1 is 1.10 bits per heavy atom. The molecule has 0 radical (unpaired) electrons. The molecule has 0 aliphatic rings. The Labute approximate surface area is 162 Å². The number of carbonyl (C=O) groups is 1. The molecule has 0 aliphatic heterocycles.